The van der Waals surface area contributed by atoms with Crippen molar-refractivity contribution in [2.24, 2.45) is 5.92 Å². The van der Waals surface area contributed by atoms with Gasteiger partial charge in [0, 0.05) is 25.7 Å². The van der Waals surface area contributed by atoms with Crippen LogP contribution in [-0.2, 0) is 0 Å². The Labute approximate surface area is 88.1 Å². The van der Waals surface area contributed by atoms with Crippen LogP contribution in [0.4, 0.5) is 0 Å². The van der Waals surface area contributed by atoms with Crippen LogP contribution in [0.2, 0.25) is 0 Å². The minimum atomic E-state index is 0.911. The molecule has 2 heteroatoms. The summed E-state index contributed by atoms with van der Waals surface area (Å²) in [6.45, 7) is 7.42. The van der Waals surface area contributed by atoms with Gasteiger partial charge in [-0.15, -0.1) is 0 Å². The standard InChI is InChI=1S/C12H24N2/c1-2-14(10-11-8-13-9-11)12-6-4-3-5-7-12/h11-13H,2-10H2,1H3. The van der Waals surface area contributed by atoms with Crippen molar-refractivity contribution in [2.45, 2.75) is 45.1 Å². The van der Waals surface area contributed by atoms with E-state index in [9.17, 15) is 0 Å². The summed E-state index contributed by atoms with van der Waals surface area (Å²) in [5.74, 6) is 0.942. The van der Waals surface area contributed by atoms with Crippen molar-refractivity contribution in [3.05, 3.63) is 0 Å². The fraction of sp³-hybridized carbons (Fsp3) is 1.00. The van der Waals surface area contributed by atoms with Gasteiger partial charge in [-0.3, -0.25) is 0 Å². The quantitative estimate of drug-likeness (QED) is 0.738. The molecule has 0 aromatic carbocycles. The predicted molar refractivity (Wildman–Crippen MR) is 60.5 cm³/mol. The van der Waals surface area contributed by atoms with Crippen molar-refractivity contribution in [1.82, 2.24) is 10.2 Å². The zero-order valence-corrected chi connectivity index (χ0v) is 9.47. The summed E-state index contributed by atoms with van der Waals surface area (Å²) in [6.07, 6.45) is 7.30. The number of hydrogen-bond donors (Lipinski definition) is 1. The van der Waals surface area contributed by atoms with Gasteiger partial charge in [-0.25, -0.2) is 0 Å². The Kier molecular flexibility index (Phi) is 3.82. The third kappa shape index (κ3) is 2.48. The van der Waals surface area contributed by atoms with Gasteiger partial charge >= 0.3 is 0 Å². The normalized spacial score (nSPS) is 25.3. The molecule has 2 nitrogen and oxygen atoms in total. The molecule has 14 heavy (non-hydrogen) atoms. The lowest BCUT2D eigenvalue weighted by Gasteiger charge is -2.38. The highest BCUT2D eigenvalue weighted by molar-refractivity contribution is 4.82. The van der Waals surface area contributed by atoms with E-state index in [-0.39, 0.29) is 0 Å². The summed E-state index contributed by atoms with van der Waals surface area (Å²) in [6, 6.07) is 0.911. The molecule has 1 aliphatic carbocycles. The first-order valence-electron chi connectivity index (χ1n) is 6.35. The van der Waals surface area contributed by atoms with Crippen LogP contribution in [0.15, 0.2) is 0 Å². The maximum Gasteiger partial charge on any atom is 0.00952 e. The topological polar surface area (TPSA) is 15.3 Å². The van der Waals surface area contributed by atoms with E-state index in [1.165, 1.54) is 58.3 Å². The van der Waals surface area contributed by atoms with Crippen LogP contribution < -0.4 is 5.32 Å². The van der Waals surface area contributed by atoms with Crippen molar-refractivity contribution in [3.63, 3.8) is 0 Å². The largest absolute Gasteiger partial charge is 0.316 e. The second-order valence-electron chi connectivity index (χ2n) is 4.90. The zero-order valence-electron chi connectivity index (χ0n) is 9.47. The molecule has 1 saturated heterocycles. The average Bonchev–Trinajstić information content (AvgIpc) is 2.18. The van der Waals surface area contributed by atoms with Gasteiger partial charge in [0.1, 0.15) is 0 Å². The minimum absolute atomic E-state index is 0.911. The molecule has 1 aliphatic heterocycles. The summed E-state index contributed by atoms with van der Waals surface area (Å²) in [7, 11) is 0. The summed E-state index contributed by atoms with van der Waals surface area (Å²) in [5.41, 5.74) is 0. The highest BCUT2D eigenvalue weighted by Gasteiger charge is 2.25. The molecule has 1 saturated carbocycles. The van der Waals surface area contributed by atoms with E-state index >= 15 is 0 Å². The molecule has 0 amide bonds. The Morgan fingerprint density at radius 3 is 2.36 bits per heavy atom. The first kappa shape index (κ1) is 10.4. The second-order valence-corrected chi connectivity index (χ2v) is 4.90. The molecule has 2 rings (SSSR count). The van der Waals surface area contributed by atoms with E-state index < -0.39 is 0 Å². The molecule has 0 bridgehead atoms. The summed E-state index contributed by atoms with van der Waals surface area (Å²) in [5, 5.41) is 3.37. The molecule has 0 spiro atoms. The molecular weight excluding hydrogens is 172 g/mol. The van der Waals surface area contributed by atoms with E-state index in [4.69, 9.17) is 0 Å². The fourth-order valence-corrected chi connectivity index (χ4v) is 2.79. The monoisotopic (exact) mass is 196 g/mol. The van der Waals surface area contributed by atoms with Crippen LogP contribution in [0.5, 0.6) is 0 Å². The second kappa shape index (κ2) is 5.13. The third-order valence-electron chi connectivity index (χ3n) is 3.86. The Morgan fingerprint density at radius 1 is 1.14 bits per heavy atom. The fourth-order valence-electron chi connectivity index (χ4n) is 2.79. The van der Waals surface area contributed by atoms with Gasteiger partial charge in [0.2, 0.25) is 0 Å². The van der Waals surface area contributed by atoms with Gasteiger partial charge in [0.25, 0.3) is 0 Å². The molecule has 1 N–H and O–H groups in total. The summed E-state index contributed by atoms with van der Waals surface area (Å²) in [4.78, 5) is 2.73. The van der Waals surface area contributed by atoms with Gasteiger partial charge in [0.05, 0.1) is 0 Å². The van der Waals surface area contributed by atoms with Crippen molar-refractivity contribution in [2.75, 3.05) is 26.2 Å². The highest BCUT2D eigenvalue weighted by atomic mass is 15.2. The molecule has 1 heterocycles. The van der Waals surface area contributed by atoms with Crippen LogP contribution in [-0.4, -0.2) is 37.1 Å². The molecule has 0 aromatic rings. The Balaban J connectivity index is 1.77. The zero-order chi connectivity index (χ0) is 9.80. The van der Waals surface area contributed by atoms with E-state index in [0.29, 0.717) is 0 Å². The molecule has 82 valence electrons. The van der Waals surface area contributed by atoms with Crippen LogP contribution in [0, 0.1) is 5.92 Å². The number of nitrogens with one attached hydrogen (secondary N) is 1. The van der Waals surface area contributed by atoms with Crippen molar-refractivity contribution >= 4 is 0 Å². The summed E-state index contributed by atoms with van der Waals surface area (Å²) < 4.78 is 0. The first-order chi connectivity index (χ1) is 6.90. The van der Waals surface area contributed by atoms with Crippen molar-refractivity contribution < 1.29 is 0 Å². The SMILES string of the molecule is CCN(CC1CNC1)C1CCCCC1. The molecule has 2 fully saturated rings. The van der Waals surface area contributed by atoms with Gasteiger partial charge in [-0.1, -0.05) is 26.2 Å². The van der Waals surface area contributed by atoms with Gasteiger partial charge in [-0.2, -0.15) is 0 Å². The molecular formula is C12H24N2. The number of hydrogen-bond acceptors (Lipinski definition) is 2. The Hall–Kier alpha value is -0.0800. The molecule has 0 atom stereocenters. The smallest absolute Gasteiger partial charge is 0.00952 e. The lowest BCUT2D eigenvalue weighted by atomic mass is 9.92. The van der Waals surface area contributed by atoms with Crippen LogP contribution in [0.25, 0.3) is 0 Å². The minimum Gasteiger partial charge on any atom is -0.316 e. The van der Waals surface area contributed by atoms with Gasteiger partial charge < -0.3 is 10.2 Å². The number of nitrogens with zero attached hydrogens (tertiary/aromatic N) is 1. The lowest BCUT2D eigenvalue weighted by Crippen LogP contribution is -2.50. The van der Waals surface area contributed by atoms with E-state index in [1.54, 1.807) is 0 Å². The van der Waals surface area contributed by atoms with E-state index in [0.717, 1.165) is 12.0 Å². The third-order valence-corrected chi connectivity index (χ3v) is 3.86. The lowest BCUT2D eigenvalue weighted by molar-refractivity contribution is 0.122. The van der Waals surface area contributed by atoms with Crippen LogP contribution in [0.1, 0.15) is 39.0 Å². The Bertz CT molecular complexity index is 160. The molecule has 2 aliphatic rings. The van der Waals surface area contributed by atoms with Crippen LogP contribution in [0.3, 0.4) is 0 Å². The van der Waals surface area contributed by atoms with Crippen molar-refractivity contribution in [3.8, 4) is 0 Å². The van der Waals surface area contributed by atoms with Gasteiger partial charge in [0.15, 0.2) is 0 Å². The Morgan fingerprint density at radius 2 is 1.86 bits per heavy atom. The maximum atomic E-state index is 3.37. The summed E-state index contributed by atoms with van der Waals surface area (Å²) >= 11 is 0. The van der Waals surface area contributed by atoms with Gasteiger partial charge in [-0.05, 0) is 25.3 Å². The van der Waals surface area contributed by atoms with E-state index in [1.807, 2.05) is 0 Å². The average molecular weight is 196 g/mol. The first-order valence-corrected chi connectivity index (χ1v) is 6.35. The maximum absolute atomic E-state index is 3.37. The molecule has 0 radical (unpaired) electrons. The van der Waals surface area contributed by atoms with Crippen molar-refractivity contribution in [1.29, 1.82) is 0 Å². The molecule has 0 aromatic heterocycles. The van der Waals surface area contributed by atoms with Crippen LogP contribution >= 0.6 is 0 Å². The van der Waals surface area contributed by atoms with E-state index in [2.05, 4.69) is 17.1 Å². The number of rotatable bonds is 4. The predicted octanol–water partition coefficient (Wildman–Crippen LogP) is 1.86. The molecule has 0 unspecified atom stereocenters. The highest BCUT2D eigenvalue weighted by Crippen LogP contribution is 2.23.